The molecule has 14 heavy (non-hydrogen) atoms. The highest BCUT2D eigenvalue weighted by molar-refractivity contribution is 7.12. The number of hydrogen-bond donors (Lipinski definition) is 1. The standard InChI is InChI=1S/C10H12O3S/c11-10(12)9-5-8(6-14-9)13-4-3-7-1-2-7/h5-7H,1-4H2,(H,11,12). The molecule has 1 aromatic rings. The van der Waals surface area contributed by atoms with Crippen LogP contribution in [0, 0.1) is 5.92 Å². The lowest BCUT2D eigenvalue weighted by Gasteiger charge is -2.01. The Bertz CT molecular complexity index is 328. The molecule has 0 aromatic carbocycles. The first-order valence-electron chi connectivity index (χ1n) is 4.70. The Balaban J connectivity index is 1.79. The van der Waals surface area contributed by atoms with Gasteiger partial charge in [-0.25, -0.2) is 4.79 Å². The summed E-state index contributed by atoms with van der Waals surface area (Å²) in [5.74, 6) is 0.660. The summed E-state index contributed by atoms with van der Waals surface area (Å²) in [4.78, 5) is 10.9. The molecule has 1 aromatic heterocycles. The predicted octanol–water partition coefficient (Wildman–Crippen LogP) is 2.63. The maximum atomic E-state index is 10.6. The largest absolute Gasteiger partial charge is 0.493 e. The summed E-state index contributed by atoms with van der Waals surface area (Å²) in [5, 5.41) is 10.4. The van der Waals surface area contributed by atoms with Crippen molar-refractivity contribution in [1.29, 1.82) is 0 Å². The number of carboxylic acids is 1. The topological polar surface area (TPSA) is 46.5 Å². The molecule has 1 aliphatic carbocycles. The van der Waals surface area contributed by atoms with Gasteiger partial charge in [-0.15, -0.1) is 11.3 Å². The predicted molar refractivity (Wildman–Crippen MR) is 54.1 cm³/mol. The number of hydrogen-bond acceptors (Lipinski definition) is 3. The molecule has 0 unspecified atom stereocenters. The maximum Gasteiger partial charge on any atom is 0.346 e. The molecule has 1 N–H and O–H groups in total. The van der Waals surface area contributed by atoms with Crippen molar-refractivity contribution >= 4 is 17.3 Å². The average Bonchev–Trinajstić information content (AvgIpc) is 2.82. The van der Waals surface area contributed by atoms with Gasteiger partial charge in [-0.05, 0) is 12.3 Å². The first-order valence-corrected chi connectivity index (χ1v) is 5.58. The number of thiophene rings is 1. The molecule has 1 heterocycles. The van der Waals surface area contributed by atoms with Crippen LogP contribution in [-0.2, 0) is 0 Å². The zero-order valence-electron chi connectivity index (χ0n) is 7.73. The van der Waals surface area contributed by atoms with E-state index in [4.69, 9.17) is 9.84 Å². The fraction of sp³-hybridized carbons (Fsp3) is 0.500. The number of aromatic carboxylic acids is 1. The molecule has 0 bridgehead atoms. The van der Waals surface area contributed by atoms with Gasteiger partial charge in [0.1, 0.15) is 10.6 Å². The average molecular weight is 212 g/mol. The molecule has 1 fully saturated rings. The minimum atomic E-state index is -0.882. The van der Waals surface area contributed by atoms with Crippen LogP contribution in [0.1, 0.15) is 28.9 Å². The maximum absolute atomic E-state index is 10.6. The van der Waals surface area contributed by atoms with Gasteiger partial charge in [0.2, 0.25) is 0 Å². The van der Waals surface area contributed by atoms with E-state index in [0.29, 0.717) is 17.2 Å². The molecule has 0 aliphatic heterocycles. The van der Waals surface area contributed by atoms with E-state index in [1.807, 2.05) is 0 Å². The summed E-state index contributed by atoms with van der Waals surface area (Å²) < 4.78 is 5.43. The number of rotatable bonds is 5. The normalized spacial score (nSPS) is 15.4. The van der Waals surface area contributed by atoms with Crippen molar-refractivity contribution in [3.8, 4) is 5.75 Å². The van der Waals surface area contributed by atoms with Crippen LogP contribution in [0.25, 0.3) is 0 Å². The summed E-state index contributed by atoms with van der Waals surface area (Å²) in [5.41, 5.74) is 0. The fourth-order valence-electron chi connectivity index (χ4n) is 1.26. The molecule has 4 heteroatoms. The van der Waals surface area contributed by atoms with Gasteiger partial charge in [0.25, 0.3) is 0 Å². The molecule has 0 spiro atoms. The Morgan fingerprint density at radius 1 is 1.64 bits per heavy atom. The highest BCUT2D eigenvalue weighted by Crippen LogP contribution is 2.32. The van der Waals surface area contributed by atoms with Crippen molar-refractivity contribution in [3.63, 3.8) is 0 Å². The van der Waals surface area contributed by atoms with E-state index in [-0.39, 0.29) is 0 Å². The van der Waals surface area contributed by atoms with Crippen LogP contribution in [0.2, 0.25) is 0 Å². The van der Waals surface area contributed by atoms with E-state index in [2.05, 4.69) is 0 Å². The van der Waals surface area contributed by atoms with Crippen molar-refractivity contribution < 1.29 is 14.6 Å². The second-order valence-corrected chi connectivity index (χ2v) is 4.44. The van der Waals surface area contributed by atoms with Crippen molar-refractivity contribution in [1.82, 2.24) is 0 Å². The van der Waals surface area contributed by atoms with Crippen LogP contribution in [0.5, 0.6) is 5.75 Å². The third kappa shape index (κ3) is 2.48. The molecule has 0 atom stereocenters. The molecule has 0 saturated heterocycles. The Kier molecular flexibility index (Phi) is 2.72. The van der Waals surface area contributed by atoms with Gasteiger partial charge in [0, 0.05) is 11.4 Å². The molecular weight excluding hydrogens is 200 g/mol. The van der Waals surface area contributed by atoms with Crippen LogP contribution in [-0.4, -0.2) is 17.7 Å². The second kappa shape index (κ2) is 4.00. The second-order valence-electron chi connectivity index (χ2n) is 3.53. The summed E-state index contributed by atoms with van der Waals surface area (Å²) >= 11 is 1.21. The van der Waals surface area contributed by atoms with Crippen LogP contribution in [0.4, 0.5) is 0 Å². The molecule has 0 amide bonds. The zero-order valence-corrected chi connectivity index (χ0v) is 8.55. The first kappa shape index (κ1) is 9.52. The molecule has 2 rings (SSSR count). The molecule has 1 saturated carbocycles. The van der Waals surface area contributed by atoms with Crippen LogP contribution >= 0.6 is 11.3 Å². The molecule has 76 valence electrons. The summed E-state index contributed by atoms with van der Waals surface area (Å²) in [6.45, 7) is 0.709. The van der Waals surface area contributed by atoms with Crippen molar-refractivity contribution in [2.45, 2.75) is 19.3 Å². The minimum absolute atomic E-state index is 0.339. The van der Waals surface area contributed by atoms with Crippen molar-refractivity contribution in [2.75, 3.05) is 6.61 Å². The van der Waals surface area contributed by atoms with Gasteiger partial charge in [-0.1, -0.05) is 12.8 Å². The molecule has 1 aliphatic rings. The van der Waals surface area contributed by atoms with Gasteiger partial charge in [-0.3, -0.25) is 0 Å². The summed E-state index contributed by atoms with van der Waals surface area (Å²) in [7, 11) is 0. The number of carboxylic acid groups (broad SMARTS) is 1. The lowest BCUT2D eigenvalue weighted by Crippen LogP contribution is -1.97. The lowest BCUT2D eigenvalue weighted by atomic mass is 10.3. The third-order valence-corrected chi connectivity index (χ3v) is 3.17. The summed E-state index contributed by atoms with van der Waals surface area (Å²) in [6, 6.07) is 1.58. The first-order chi connectivity index (χ1) is 6.75. The van der Waals surface area contributed by atoms with Crippen LogP contribution in [0.15, 0.2) is 11.4 Å². The highest BCUT2D eigenvalue weighted by Gasteiger charge is 2.20. The molecule has 0 radical (unpaired) electrons. The van der Waals surface area contributed by atoms with Crippen molar-refractivity contribution in [2.24, 2.45) is 5.92 Å². The summed E-state index contributed by atoms with van der Waals surface area (Å²) in [6.07, 6.45) is 3.75. The van der Waals surface area contributed by atoms with E-state index in [9.17, 15) is 4.79 Å². The van der Waals surface area contributed by atoms with E-state index in [1.54, 1.807) is 11.4 Å². The van der Waals surface area contributed by atoms with Gasteiger partial charge in [0.05, 0.1) is 6.61 Å². The van der Waals surface area contributed by atoms with E-state index in [1.165, 1.54) is 24.2 Å². The Morgan fingerprint density at radius 2 is 2.43 bits per heavy atom. The van der Waals surface area contributed by atoms with E-state index < -0.39 is 5.97 Å². The monoisotopic (exact) mass is 212 g/mol. The zero-order chi connectivity index (χ0) is 9.97. The Hall–Kier alpha value is -1.03. The van der Waals surface area contributed by atoms with Gasteiger partial charge in [0.15, 0.2) is 0 Å². The lowest BCUT2D eigenvalue weighted by molar-refractivity contribution is 0.0702. The molecule has 3 nitrogen and oxygen atoms in total. The molecular formula is C10H12O3S. The van der Waals surface area contributed by atoms with Gasteiger partial charge in [-0.2, -0.15) is 0 Å². The van der Waals surface area contributed by atoms with E-state index in [0.717, 1.165) is 12.3 Å². The quantitative estimate of drug-likeness (QED) is 0.816. The van der Waals surface area contributed by atoms with Gasteiger partial charge < -0.3 is 9.84 Å². The number of carbonyl (C=O) groups is 1. The Morgan fingerprint density at radius 3 is 3.00 bits per heavy atom. The number of ether oxygens (including phenoxy) is 1. The highest BCUT2D eigenvalue weighted by atomic mass is 32.1. The van der Waals surface area contributed by atoms with Crippen LogP contribution < -0.4 is 4.74 Å². The van der Waals surface area contributed by atoms with Crippen molar-refractivity contribution in [3.05, 3.63) is 16.3 Å². The SMILES string of the molecule is O=C(O)c1cc(OCCC2CC2)cs1. The minimum Gasteiger partial charge on any atom is -0.493 e. The Labute approximate surface area is 86.3 Å². The van der Waals surface area contributed by atoms with Crippen LogP contribution in [0.3, 0.4) is 0 Å². The smallest absolute Gasteiger partial charge is 0.346 e. The third-order valence-electron chi connectivity index (χ3n) is 2.28. The van der Waals surface area contributed by atoms with E-state index >= 15 is 0 Å². The van der Waals surface area contributed by atoms with Gasteiger partial charge >= 0.3 is 5.97 Å². The fourth-order valence-corrected chi connectivity index (χ4v) is 1.92.